The lowest BCUT2D eigenvalue weighted by molar-refractivity contribution is -0.116. The minimum Gasteiger partial charge on any atom is -0.489 e. The molecule has 0 unspecified atom stereocenters. The summed E-state index contributed by atoms with van der Waals surface area (Å²) < 4.78 is 13.9. The lowest BCUT2D eigenvalue weighted by Crippen LogP contribution is -2.25. The van der Waals surface area contributed by atoms with Crippen molar-refractivity contribution in [1.29, 1.82) is 0 Å². The number of carbonyl (C=O) groups is 1. The van der Waals surface area contributed by atoms with Crippen molar-refractivity contribution in [2.45, 2.75) is 13.1 Å². The number of fused-ring (bicyclic) bond motifs is 1. The van der Waals surface area contributed by atoms with Crippen LogP contribution >= 0.6 is 11.6 Å². The molecule has 0 bridgehead atoms. The summed E-state index contributed by atoms with van der Waals surface area (Å²) in [6.07, 6.45) is 3.54. The fourth-order valence-corrected chi connectivity index (χ4v) is 3.06. The van der Waals surface area contributed by atoms with E-state index >= 15 is 0 Å². The van der Waals surface area contributed by atoms with Crippen LogP contribution in [0.2, 0.25) is 5.02 Å². The van der Waals surface area contributed by atoms with Gasteiger partial charge < -0.3 is 14.5 Å². The third-order valence-electron chi connectivity index (χ3n) is 4.23. The van der Waals surface area contributed by atoms with Gasteiger partial charge in [0, 0.05) is 17.4 Å². The summed E-state index contributed by atoms with van der Waals surface area (Å²) >= 11 is 5.99. The number of ether oxygens (including phenoxy) is 1. The van der Waals surface area contributed by atoms with E-state index in [-0.39, 0.29) is 6.54 Å². The first kappa shape index (κ1) is 18.8. The molecule has 4 aromatic rings. The van der Waals surface area contributed by atoms with Crippen LogP contribution in [0.15, 0.2) is 70.1 Å². The molecule has 9 heteroatoms. The van der Waals surface area contributed by atoms with Crippen molar-refractivity contribution in [3.63, 3.8) is 0 Å². The van der Waals surface area contributed by atoms with E-state index in [1.54, 1.807) is 47.3 Å². The number of anilines is 1. The molecule has 2 heterocycles. The minimum atomic E-state index is -0.624. The number of nitrogens with one attached hydrogen (secondary N) is 1. The van der Waals surface area contributed by atoms with Crippen LogP contribution in [0, 0.1) is 0 Å². The smallest absolute Gasteiger partial charge is 0.420 e. The third kappa shape index (κ3) is 4.33. The fourth-order valence-electron chi connectivity index (χ4n) is 2.90. The van der Waals surface area contributed by atoms with Gasteiger partial charge in [0.25, 0.3) is 0 Å². The van der Waals surface area contributed by atoms with Gasteiger partial charge in [-0.15, -0.1) is 0 Å². The first-order valence-corrected chi connectivity index (χ1v) is 9.26. The molecule has 29 heavy (non-hydrogen) atoms. The van der Waals surface area contributed by atoms with Crippen LogP contribution in [0.1, 0.15) is 0 Å². The summed E-state index contributed by atoms with van der Waals surface area (Å²) in [5.41, 5.74) is 1.34. The molecular weight excluding hydrogens is 396 g/mol. The van der Waals surface area contributed by atoms with Gasteiger partial charge in [-0.25, -0.2) is 4.79 Å². The molecule has 0 saturated heterocycles. The number of amides is 1. The molecule has 0 aliphatic rings. The van der Waals surface area contributed by atoms with Gasteiger partial charge >= 0.3 is 5.76 Å². The lowest BCUT2D eigenvalue weighted by Gasteiger charge is -2.12. The Kier molecular flexibility index (Phi) is 5.35. The van der Waals surface area contributed by atoms with Crippen LogP contribution in [-0.4, -0.2) is 26.9 Å². The first-order valence-electron chi connectivity index (χ1n) is 8.88. The highest BCUT2D eigenvalue weighted by atomic mass is 35.5. The molecule has 8 nitrogen and oxygen atoms in total. The van der Waals surface area contributed by atoms with Crippen LogP contribution in [0.4, 0.5) is 5.69 Å². The quantitative estimate of drug-likeness (QED) is 0.503. The molecular formula is C20H17ClN4O4. The number of halogens is 1. The SMILES string of the molecule is O=C(Cn1c(=O)oc2ccc(Cl)cc21)Nc1ccccc1OCCn1cccn1. The summed E-state index contributed by atoms with van der Waals surface area (Å²) in [5, 5.41) is 7.34. The average molecular weight is 413 g/mol. The molecule has 0 fully saturated rings. The fraction of sp³-hybridized carbons (Fsp3) is 0.150. The van der Waals surface area contributed by atoms with E-state index < -0.39 is 11.7 Å². The molecule has 0 saturated carbocycles. The summed E-state index contributed by atoms with van der Waals surface area (Å²) in [7, 11) is 0. The zero-order valence-electron chi connectivity index (χ0n) is 15.2. The second kappa shape index (κ2) is 8.24. The maximum atomic E-state index is 12.6. The molecule has 0 aliphatic carbocycles. The van der Waals surface area contributed by atoms with E-state index in [0.29, 0.717) is 40.7 Å². The number of hydrogen-bond donors (Lipinski definition) is 1. The Morgan fingerprint density at radius 2 is 2.07 bits per heavy atom. The maximum absolute atomic E-state index is 12.6. The van der Waals surface area contributed by atoms with Crippen LogP contribution in [-0.2, 0) is 17.9 Å². The molecule has 0 aliphatic heterocycles. The van der Waals surface area contributed by atoms with Gasteiger partial charge in [0.1, 0.15) is 18.9 Å². The molecule has 2 aromatic heterocycles. The molecule has 0 atom stereocenters. The Bertz CT molecular complexity index is 1200. The van der Waals surface area contributed by atoms with E-state index in [0.717, 1.165) is 0 Å². The zero-order valence-corrected chi connectivity index (χ0v) is 16.0. The molecule has 1 N–H and O–H groups in total. The van der Waals surface area contributed by atoms with Gasteiger partial charge in [0.15, 0.2) is 5.58 Å². The van der Waals surface area contributed by atoms with Crippen molar-refractivity contribution in [1.82, 2.24) is 14.3 Å². The monoisotopic (exact) mass is 412 g/mol. The van der Waals surface area contributed by atoms with Crippen molar-refractivity contribution in [3.05, 3.63) is 76.5 Å². The van der Waals surface area contributed by atoms with Gasteiger partial charge in [-0.3, -0.25) is 14.0 Å². The Morgan fingerprint density at radius 3 is 2.90 bits per heavy atom. The van der Waals surface area contributed by atoms with E-state index in [1.807, 2.05) is 18.3 Å². The Morgan fingerprint density at radius 1 is 1.21 bits per heavy atom. The average Bonchev–Trinajstić information content (AvgIpc) is 3.32. The summed E-state index contributed by atoms with van der Waals surface area (Å²) in [6, 6.07) is 13.7. The number of benzene rings is 2. The highest BCUT2D eigenvalue weighted by Gasteiger charge is 2.14. The van der Waals surface area contributed by atoms with Gasteiger partial charge in [0.2, 0.25) is 5.91 Å². The van der Waals surface area contributed by atoms with Crippen molar-refractivity contribution < 1.29 is 13.9 Å². The van der Waals surface area contributed by atoms with Crippen molar-refractivity contribution >= 4 is 34.3 Å². The molecule has 148 valence electrons. The van der Waals surface area contributed by atoms with E-state index in [2.05, 4.69) is 10.4 Å². The lowest BCUT2D eigenvalue weighted by atomic mass is 10.3. The van der Waals surface area contributed by atoms with Gasteiger partial charge in [-0.2, -0.15) is 5.10 Å². The minimum absolute atomic E-state index is 0.214. The molecule has 4 rings (SSSR count). The molecule has 0 radical (unpaired) electrons. The summed E-state index contributed by atoms with van der Waals surface area (Å²) in [5.74, 6) is -0.487. The third-order valence-corrected chi connectivity index (χ3v) is 4.46. The van der Waals surface area contributed by atoms with Gasteiger partial charge in [-0.05, 0) is 36.4 Å². The number of para-hydroxylation sites is 2. The maximum Gasteiger partial charge on any atom is 0.420 e. The normalized spacial score (nSPS) is 10.9. The van der Waals surface area contributed by atoms with E-state index in [4.69, 9.17) is 20.8 Å². The van der Waals surface area contributed by atoms with Crippen LogP contribution in [0.5, 0.6) is 5.75 Å². The summed E-state index contributed by atoms with van der Waals surface area (Å²) in [4.78, 5) is 24.7. The zero-order chi connectivity index (χ0) is 20.2. The Labute approximate surface area is 170 Å². The highest BCUT2D eigenvalue weighted by molar-refractivity contribution is 6.31. The molecule has 2 aromatic carbocycles. The number of carbonyl (C=O) groups excluding carboxylic acids is 1. The number of nitrogens with zero attached hydrogens (tertiary/aromatic N) is 3. The summed E-state index contributed by atoms with van der Waals surface area (Å²) in [6.45, 7) is 0.749. The predicted molar refractivity (Wildman–Crippen MR) is 108 cm³/mol. The second-order valence-electron chi connectivity index (χ2n) is 6.23. The Balaban J connectivity index is 1.46. The number of aromatic nitrogens is 3. The predicted octanol–water partition coefficient (Wildman–Crippen LogP) is 3.16. The standard InChI is InChI=1S/C20H17ClN4O4/c21-14-6-7-18-16(12-14)25(20(27)29-18)13-19(26)23-15-4-1-2-5-17(15)28-11-10-24-9-3-8-22-24/h1-9,12H,10-11,13H2,(H,23,26). The molecule has 1 amide bonds. The Hall–Kier alpha value is -3.52. The van der Waals surface area contributed by atoms with Crippen molar-refractivity contribution in [2.24, 2.45) is 0 Å². The van der Waals surface area contributed by atoms with Gasteiger partial charge in [0.05, 0.1) is 17.7 Å². The number of rotatable bonds is 7. The largest absolute Gasteiger partial charge is 0.489 e. The van der Waals surface area contributed by atoms with Crippen molar-refractivity contribution in [3.8, 4) is 5.75 Å². The van der Waals surface area contributed by atoms with Gasteiger partial charge in [-0.1, -0.05) is 23.7 Å². The topological polar surface area (TPSA) is 91.3 Å². The van der Waals surface area contributed by atoms with E-state index in [1.165, 1.54) is 4.57 Å². The van der Waals surface area contributed by atoms with Crippen molar-refractivity contribution in [2.75, 3.05) is 11.9 Å². The van der Waals surface area contributed by atoms with E-state index in [9.17, 15) is 9.59 Å². The van der Waals surface area contributed by atoms with Crippen LogP contribution in [0.3, 0.4) is 0 Å². The molecule has 0 spiro atoms. The second-order valence-corrected chi connectivity index (χ2v) is 6.66. The first-order chi connectivity index (χ1) is 14.1. The highest BCUT2D eigenvalue weighted by Crippen LogP contribution is 2.24. The number of oxazole rings is 1. The number of hydrogen-bond acceptors (Lipinski definition) is 5. The van der Waals surface area contributed by atoms with Crippen LogP contribution < -0.4 is 15.8 Å². The van der Waals surface area contributed by atoms with Crippen LogP contribution in [0.25, 0.3) is 11.1 Å².